The summed E-state index contributed by atoms with van der Waals surface area (Å²) < 4.78 is 7.31. The molecule has 0 fully saturated rings. The van der Waals surface area contributed by atoms with Gasteiger partial charge in [-0.05, 0) is 26.8 Å². The molecule has 25 heavy (non-hydrogen) atoms. The van der Waals surface area contributed by atoms with Crippen LogP contribution in [0.4, 0.5) is 0 Å². The van der Waals surface area contributed by atoms with Gasteiger partial charge < -0.3 is 14.3 Å². The van der Waals surface area contributed by atoms with Crippen LogP contribution in [0, 0.1) is 20.8 Å². The first kappa shape index (κ1) is 17.8. The lowest BCUT2D eigenvalue weighted by atomic mass is 10.1. The monoisotopic (exact) mass is 357 g/mol. The smallest absolute Gasteiger partial charge is 0.175 e. The van der Waals surface area contributed by atoms with Gasteiger partial charge in [0.25, 0.3) is 0 Å². The van der Waals surface area contributed by atoms with Gasteiger partial charge in [0.05, 0.1) is 18.1 Å². The Morgan fingerprint density at radius 2 is 2.04 bits per heavy atom. The molecule has 0 amide bonds. The number of nitrogens with zero attached hydrogens (tertiary/aromatic N) is 2. The van der Waals surface area contributed by atoms with E-state index < -0.39 is 0 Å². The van der Waals surface area contributed by atoms with E-state index in [-0.39, 0.29) is 5.78 Å². The second kappa shape index (κ2) is 7.45. The molecule has 0 bridgehead atoms. The number of imidazole rings is 1. The maximum absolute atomic E-state index is 12.8. The molecule has 6 heteroatoms. The van der Waals surface area contributed by atoms with Gasteiger partial charge >= 0.3 is 0 Å². The number of benzene rings is 1. The molecule has 0 spiro atoms. The number of aryl methyl sites for hydroxylation is 2. The van der Waals surface area contributed by atoms with E-state index in [2.05, 4.69) is 14.5 Å². The predicted molar refractivity (Wildman–Crippen MR) is 102 cm³/mol. The summed E-state index contributed by atoms with van der Waals surface area (Å²) in [6.45, 7) is 7.36. The van der Waals surface area contributed by atoms with Crippen molar-refractivity contribution in [3.63, 3.8) is 0 Å². The fourth-order valence-electron chi connectivity index (χ4n) is 3.02. The molecule has 0 aliphatic carbocycles. The maximum atomic E-state index is 12.8. The van der Waals surface area contributed by atoms with E-state index in [0.29, 0.717) is 12.4 Å². The molecule has 0 saturated carbocycles. The Morgan fingerprint density at radius 1 is 1.28 bits per heavy atom. The number of Topliss-reactive ketones (excluding diaryl/α,β-unsaturated/α-hetero) is 1. The van der Waals surface area contributed by atoms with E-state index >= 15 is 0 Å². The first-order valence-electron chi connectivity index (χ1n) is 8.29. The number of aromatic nitrogens is 3. The number of ether oxygens (including phenoxy) is 1. The van der Waals surface area contributed by atoms with Crippen molar-refractivity contribution in [3.8, 4) is 0 Å². The van der Waals surface area contributed by atoms with Crippen LogP contribution in [0.1, 0.15) is 27.4 Å². The highest BCUT2D eigenvalue weighted by molar-refractivity contribution is 7.99. The lowest BCUT2D eigenvalue weighted by Gasteiger charge is -2.09. The zero-order valence-electron chi connectivity index (χ0n) is 15.0. The van der Waals surface area contributed by atoms with E-state index in [1.807, 2.05) is 45.0 Å². The second-order valence-electron chi connectivity index (χ2n) is 6.09. The Balaban J connectivity index is 1.81. The summed E-state index contributed by atoms with van der Waals surface area (Å²) in [4.78, 5) is 20.7. The quantitative estimate of drug-likeness (QED) is 0.514. The molecule has 1 N–H and O–H groups in total. The van der Waals surface area contributed by atoms with Gasteiger partial charge in [0.15, 0.2) is 10.9 Å². The molecular formula is C19H23N3O2S. The minimum absolute atomic E-state index is 0.122. The SMILES string of the molecule is COCCn1c(SCC(=O)c2c(C)[nH]c3ccccc23)nc(C)c1C. The number of methoxy groups -OCH3 is 1. The number of H-pyrrole nitrogens is 1. The number of carbonyl (C=O) groups is 1. The van der Waals surface area contributed by atoms with Crippen LogP contribution in [0.2, 0.25) is 0 Å². The highest BCUT2D eigenvalue weighted by Gasteiger charge is 2.18. The van der Waals surface area contributed by atoms with Gasteiger partial charge in [-0.15, -0.1) is 0 Å². The lowest BCUT2D eigenvalue weighted by molar-refractivity contribution is 0.102. The zero-order chi connectivity index (χ0) is 18.0. The van der Waals surface area contributed by atoms with E-state index in [9.17, 15) is 4.79 Å². The zero-order valence-corrected chi connectivity index (χ0v) is 15.9. The van der Waals surface area contributed by atoms with Gasteiger partial charge in [-0.25, -0.2) is 4.98 Å². The van der Waals surface area contributed by atoms with Crippen molar-refractivity contribution in [2.24, 2.45) is 0 Å². The second-order valence-corrected chi connectivity index (χ2v) is 7.03. The van der Waals surface area contributed by atoms with Crippen LogP contribution in [0.5, 0.6) is 0 Å². The third-order valence-corrected chi connectivity index (χ3v) is 5.42. The molecule has 0 radical (unpaired) electrons. The van der Waals surface area contributed by atoms with Crippen molar-refractivity contribution in [3.05, 3.63) is 46.9 Å². The Morgan fingerprint density at radius 3 is 2.80 bits per heavy atom. The topological polar surface area (TPSA) is 59.9 Å². The number of ketones is 1. The van der Waals surface area contributed by atoms with Crippen LogP contribution in [-0.2, 0) is 11.3 Å². The number of thioether (sulfide) groups is 1. The summed E-state index contributed by atoms with van der Waals surface area (Å²) in [5.41, 5.74) is 4.82. The van der Waals surface area contributed by atoms with Gasteiger partial charge in [0.1, 0.15) is 0 Å². The first-order valence-corrected chi connectivity index (χ1v) is 9.27. The summed E-state index contributed by atoms with van der Waals surface area (Å²) in [6.07, 6.45) is 0. The van der Waals surface area contributed by atoms with Gasteiger partial charge in [0.2, 0.25) is 0 Å². The number of carbonyl (C=O) groups excluding carboxylic acids is 1. The summed E-state index contributed by atoms with van der Waals surface area (Å²) in [6, 6.07) is 7.92. The summed E-state index contributed by atoms with van der Waals surface area (Å²) >= 11 is 1.49. The number of aromatic amines is 1. The van der Waals surface area contributed by atoms with Crippen molar-refractivity contribution in [2.75, 3.05) is 19.5 Å². The number of hydrogen-bond acceptors (Lipinski definition) is 4. The minimum atomic E-state index is 0.122. The Kier molecular flexibility index (Phi) is 5.30. The molecule has 3 rings (SSSR count). The molecule has 2 heterocycles. The highest BCUT2D eigenvalue weighted by atomic mass is 32.2. The molecule has 0 atom stereocenters. The molecule has 2 aromatic heterocycles. The van der Waals surface area contributed by atoms with Gasteiger partial charge in [-0.3, -0.25) is 4.79 Å². The van der Waals surface area contributed by atoms with Crippen molar-refractivity contribution in [1.82, 2.24) is 14.5 Å². The average Bonchev–Trinajstić information content (AvgIpc) is 3.07. The first-order chi connectivity index (χ1) is 12.0. The van der Waals surface area contributed by atoms with Gasteiger partial charge in [-0.2, -0.15) is 0 Å². The van der Waals surface area contributed by atoms with Crippen LogP contribution in [0.3, 0.4) is 0 Å². The maximum Gasteiger partial charge on any atom is 0.175 e. The van der Waals surface area contributed by atoms with Crippen molar-refractivity contribution >= 4 is 28.4 Å². The Hall–Kier alpha value is -2.05. The Bertz CT molecular complexity index is 911. The number of fused-ring (bicyclic) bond motifs is 1. The van der Waals surface area contributed by atoms with Gasteiger partial charge in [-0.1, -0.05) is 30.0 Å². The molecule has 0 unspecified atom stereocenters. The van der Waals surface area contributed by atoms with E-state index in [1.165, 1.54) is 11.8 Å². The standard InChI is InChI=1S/C19H23N3O2S/c1-12-14(3)22(9-10-24-4)19(21-12)25-11-17(23)18-13(2)20-16-8-6-5-7-15(16)18/h5-8,20H,9-11H2,1-4H3. The lowest BCUT2D eigenvalue weighted by Crippen LogP contribution is -2.09. The van der Waals surface area contributed by atoms with Crippen molar-refractivity contribution in [1.29, 1.82) is 0 Å². The highest BCUT2D eigenvalue weighted by Crippen LogP contribution is 2.26. The van der Waals surface area contributed by atoms with Crippen molar-refractivity contribution in [2.45, 2.75) is 32.5 Å². The van der Waals surface area contributed by atoms with Crippen LogP contribution in [-0.4, -0.2) is 39.8 Å². The molecule has 0 saturated heterocycles. The third kappa shape index (κ3) is 3.50. The van der Waals surface area contributed by atoms with Crippen LogP contribution in [0.25, 0.3) is 10.9 Å². The van der Waals surface area contributed by atoms with Crippen LogP contribution < -0.4 is 0 Å². The fourth-order valence-corrected chi connectivity index (χ4v) is 4.01. The molecule has 132 valence electrons. The predicted octanol–water partition coefficient (Wildman–Crippen LogP) is 3.91. The average molecular weight is 357 g/mol. The molecule has 3 aromatic rings. The number of hydrogen-bond donors (Lipinski definition) is 1. The van der Waals surface area contributed by atoms with Crippen LogP contribution >= 0.6 is 11.8 Å². The van der Waals surface area contributed by atoms with Crippen LogP contribution in [0.15, 0.2) is 29.4 Å². The largest absolute Gasteiger partial charge is 0.383 e. The molecule has 5 nitrogen and oxygen atoms in total. The fraction of sp³-hybridized carbons (Fsp3) is 0.368. The van der Waals surface area contributed by atoms with E-state index in [4.69, 9.17) is 4.74 Å². The van der Waals surface area contributed by atoms with E-state index in [1.54, 1.807) is 7.11 Å². The molecule has 0 aliphatic rings. The Labute approximate surface area is 151 Å². The molecular weight excluding hydrogens is 334 g/mol. The van der Waals surface area contributed by atoms with Crippen molar-refractivity contribution < 1.29 is 9.53 Å². The van der Waals surface area contributed by atoms with Gasteiger partial charge in [0, 0.05) is 41.5 Å². The number of para-hydroxylation sites is 1. The normalized spacial score (nSPS) is 11.4. The molecule has 1 aromatic carbocycles. The third-order valence-electron chi connectivity index (χ3n) is 4.45. The molecule has 0 aliphatic heterocycles. The number of rotatable bonds is 7. The van der Waals surface area contributed by atoms with E-state index in [0.717, 1.165) is 45.2 Å². The number of nitrogens with one attached hydrogen (secondary N) is 1. The summed E-state index contributed by atoms with van der Waals surface area (Å²) in [7, 11) is 1.69. The summed E-state index contributed by atoms with van der Waals surface area (Å²) in [5.74, 6) is 0.488. The minimum Gasteiger partial charge on any atom is -0.383 e. The summed E-state index contributed by atoms with van der Waals surface area (Å²) in [5, 5.41) is 1.86.